The molecule has 1 aromatic rings. The number of aliphatic hydroxyl groups is 1. The molecule has 0 aliphatic carbocycles. The largest absolute Gasteiger partial charge is 0.396 e. The molecule has 0 saturated carbocycles. The van der Waals surface area contributed by atoms with Crippen molar-refractivity contribution in [1.82, 2.24) is 5.32 Å². The summed E-state index contributed by atoms with van der Waals surface area (Å²) in [4.78, 5) is 2.47. The first kappa shape index (κ1) is 14.8. The van der Waals surface area contributed by atoms with Gasteiger partial charge in [0.15, 0.2) is 0 Å². The number of aliphatic hydroxyl groups excluding tert-OH is 1. The van der Waals surface area contributed by atoms with E-state index in [0.29, 0.717) is 6.04 Å². The summed E-state index contributed by atoms with van der Waals surface area (Å²) >= 11 is 3.55. The van der Waals surface area contributed by atoms with Crippen molar-refractivity contribution < 1.29 is 5.11 Å². The van der Waals surface area contributed by atoms with Gasteiger partial charge in [0.2, 0.25) is 0 Å². The van der Waals surface area contributed by atoms with E-state index in [1.165, 1.54) is 5.69 Å². The minimum Gasteiger partial charge on any atom is -0.396 e. The lowest BCUT2D eigenvalue weighted by Gasteiger charge is -2.44. The van der Waals surface area contributed by atoms with Gasteiger partial charge in [-0.3, -0.25) is 0 Å². The van der Waals surface area contributed by atoms with E-state index in [1.54, 1.807) is 0 Å². The molecule has 0 bridgehead atoms. The predicted molar refractivity (Wildman–Crippen MR) is 83.7 cm³/mol. The average Bonchev–Trinajstić information content (AvgIpc) is 2.48. The molecule has 1 unspecified atom stereocenters. The maximum Gasteiger partial charge on any atom is 0.0451 e. The van der Waals surface area contributed by atoms with E-state index in [2.05, 4.69) is 58.2 Å². The standard InChI is InChI=1S/C15H23BrN2O/c1-15(2)7-8-17-11-14(6-9-19)18(15)13-5-3-4-12(16)10-13/h3-5,10,14,17,19H,6-9,11H2,1-2H3. The zero-order valence-electron chi connectivity index (χ0n) is 11.7. The van der Waals surface area contributed by atoms with Gasteiger partial charge >= 0.3 is 0 Å². The molecule has 0 spiro atoms. The van der Waals surface area contributed by atoms with Crippen molar-refractivity contribution in [2.45, 2.75) is 38.3 Å². The van der Waals surface area contributed by atoms with Crippen LogP contribution >= 0.6 is 15.9 Å². The lowest BCUT2D eigenvalue weighted by Crippen LogP contribution is -2.51. The molecule has 1 aliphatic heterocycles. The molecule has 1 aromatic carbocycles. The molecule has 0 aromatic heterocycles. The number of halogens is 1. The molecule has 3 nitrogen and oxygen atoms in total. The van der Waals surface area contributed by atoms with Crippen molar-refractivity contribution in [3.8, 4) is 0 Å². The second-order valence-corrected chi connectivity index (χ2v) is 6.70. The molecule has 2 N–H and O–H groups in total. The lowest BCUT2D eigenvalue weighted by molar-refractivity contribution is 0.265. The molecule has 1 saturated heterocycles. The van der Waals surface area contributed by atoms with Crippen molar-refractivity contribution in [1.29, 1.82) is 0 Å². The van der Waals surface area contributed by atoms with Gasteiger partial charge in [0, 0.05) is 34.9 Å². The van der Waals surface area contributed by atoms with Gasteiger partial charge in [0.25, 0.3) is 0 Å². The molecular formula is C15H23BrN2O. The lowest BCUT2D eigenvalue weighted by atomic mass is 9.95. The van der Waals surface area contributed by atoms with Crippen LogP contribution in [0.15, 0.2) is 28.7 Å². The Morgan fingerprint density at radius 2 is 2.26 bits per heavy atom. The number of nitrogens with one attached hydrogen (secondary N) is 1. The third kappa shape index (κ3) is 3.50. The van der Waals surface area contributed by atoms with Gasteiger partial charge in [0.05, 0.1) is 0 Å². The molecule has 19 heavy (non-hydrogen) atoms. The van der Waals surface area contributed by atoms with Crippen molar-refractivity contribution in [2.24, 2.45) is 0 Å². The summed E-state index contributed by atoms with van der Waals surface area (Å²) in [6.45, 7) is 6.75. The summed E-state index contributed by atoms with van der Waals surface area (Å²) in [6, 6.07) is 8.77. The molecule has 1 aliphatic rings. The molecular weight excluding hydrogens is 304 g/mol. The second-order valence-electron chi connectivity index (χ2n) is 5.78. The molecule has 0 amide bonds. The van der Waals surface area contributed by atoms with E-state index in [9.17, 15) is 5.11 Å². The zero-order chi connectivity index (χ0) is 13.9. The van der Waals surface area contributed by atoms with Gasteiger partial charge in [-0.25, -0.2) is 0 Å². The Hall–Kier alpha value is -0.580. The summed E-state index contributed by atoms with van der Waals surface area (Å²) in [7, 11) is 0. The van der Waals surface area contributed by atoms with Crippen LogP contribution in [0.1, 0.15) is 26.7 Å². The minimum absolute atomic E-state index is 0.0874. The quantitative estimate of drug-likeness (QED) is 0.896. The highest BCUT2D eigenvalue weighted by Crippen LogP contribution is 2.32. The molecule has 4 heteroatoms. The second kappa shape index (κ2) is 6.25. The maximum absolute atomic E-state index is 9.34. The van der Waals surface area contributed by atoms with Crippen LogP contribution in [0.25, 0.3) is 0 Å². The van der Waals surface area contributed by atoms with Crippen LogP contribution in [0.3, 0.4) is 0 Å². The fourth-order valence-electron chi connectivity index (χ4n) is 2.94. The number of benzene rings is 1. The van der Waals surface area contributed by atoms with E-state index in [-0.39, 0.29) is 12.1 Å². The first-order chi connectivity index (χ1) is 9.04. The molecule has 106 valence electrons. The van der Waals surface area contributed by atoms with Gasteiger partial charge < -0.3 is 15.3 Å². The monoisotopic (exact) mass is 326 g/mol. The first-order valence-electron chi connectivity index (χ1n) is 6.91. The SMILES string of the molecule is CC1(C)CCNCC(CCO)N1c1cccc(Br)c1. The molecule has 1 atom stereocenters. The Balaban J connectivity index is 2.37. The van der Waals surface area contributed by atoms with Gasteiger partial charge in [-0.1, -0.05) is 22.0 Å². The van der Waals surface area contributed by atoms with Crippen LogP contribution < -0.4 is 10.2 Å². The van der Waals surface area contributed by atoms with Crippen LogP contribution in [0, 0.1) is 0 Å². The number of hydrogen-bond donors (Lipinski definition) is 2. The first-order valence-corrected chi connectivity index (χ1v) is 7.70. The predicted octanol–water partition coefficient (Wildman–Crippen LogP) is 2.78. The third-order valence-electron chi connectivity index (χ3n) is 3.86. The van der Waals surface area contributed by atoms with Gasteiger partial charge in [-0.2, -0.15) is 0 Å². The Labute approximate surface area is 124 Å². The van der Waals surface area contributed by atoms with Crippen molar-refractivity contribution in [3.63, 3.8) is 0 Å². The Morgan fingerprint density at radius 1 is 1.47 bits per heavy atom. The summed E-state index contributed by atoms with van der Waals surface area (Å²) in [6.07, 6.45) is 1.89. The minimum atomic E-state index is 0.0874. The van der Waals surface area contributed by atoms with E-state index >= 15 is 0 Å². The van der Waals surface area contributed by atoms with Crippen molar-refractivity contribution >= 4 is 21.6 Å². The van der Waals surface area contributed by atoms with Crippen LogP contribution in [0.5, 0.6) is 0 Å². The maximum atomic E-state index is 9.34. The van der Waals surface area contributed by atoms with Crippen LogP contribution in [0.4, 0.5) is 5.69 Å². The third-order valence-corrected chi connectivity index (χ3v) is 4.35. The molecule has 1 heterocycles. The van der Waals surface area contributed by atoms with Crippen LogP contribution in [-0.2, 0) is 0 Å². The number of hydrogen-bond acceptors (Lipinski definition) is 3. The number of anilines is 1. The topological polar surface area (TPSA) is 35.5 Å². The normalized spacial score (nSPS) is 23.2. The van der Waals surface area contributed by atoms with E-state index < -0.39 is 0 Å². The highest BCUT2D eigenvalue weighted by Gasteiger charge is 2.34. The number of nitrogens with zero attached hydrogens (tertiary/aromatic N) is 1. The average molecular weight is 327 g/mol. The highest BCUT2D eigenvalue weighted by molar-refractivity contribution is 9.10. The number of rotatable bonds is 3. The molecule has 0 radical (unpaired) electrons. The van der Waals surface area contributed by atoms with Crippen LogP contribution in [0.2, 0.25) is 0 Å². The summed E-state index contributed by atoms with van der Waals surface area (Å²) in [5.41, 5.74) is 1.31. The highest BCUT2D eigenvalue weighted by atomic mass is 79.9. The molecule has 2 rings (SSSR count). The van der Waals surface area contributed by atoms with Gasteiger partial charge in [-0.05, 0) is 51.4 Å². The summed E-state index contributed by atoms with van der Waals surface area (Å²) < 4.78 is 1.10. The summed E-state index contributed by atoms with van der Waals surface area (Å²) in [5, 5.41) is 12.8. The Bertz CT molecular complexity index is 422. The summed E-state index contributed by atoms with van der Waals surface area (Å²) in [5.74, 6) is 0. The fraction of sp³-hybridized carbons (Fsp3) is 0.600. The van der Waals surface area contributed by atoms with E-state index in [1.807, 2.05) is 6.07 Å². The van der Waals surface area contributed by atoms with Crippen molar-refractivity contribution in [3.05, 3.63) is 28.7 Å². The Morgan fingerprint density at radius 3 is 2.95 bits per heavy atom. The Kier molecular flexibility index (Phi) is 4.87. The van der Waals surface area contributed by atoms with E-state index in [4.69, 9.17) is 0 Å². The fourth-order valence-corrected chi connectivity index (χ4v) is 3.32. The van der Waals surface area contributed by atoms with Crippen LogP contribution in [-0.4, -0.2) is 36.4 Å². The van der Waals surface area contributed by atoms with Gasteiger partial charge in [-0.15, -0.1) is 0 Å². The zero-order valence-corrected chi connectivity index (χ0v) is 13.3. The molecule has 1 fully saturated rings. The van der Waals surface area contributed by atoms with Crippen molar-refractivity contribution in [2.75, 3.05) is 24.6 Å². The van der Waals surface area contributed by atoms with E-state index in [0.717, 1.165) is 30.4 Å². The smallest absolute Gasteiger partial charge is 0.0451 e. The van der Waals surface area contributed by atoms with Gasteiger partial charge in [0.1, 0.15) is 0 Å².